The maximum absolute atomic E-state index is 11.4. The van der Waals surface area contributed by atoms with Gasteiger partial charge in [-0.05, 0) is 6.92 Å². The highest BCUT2D eigenvalue weighted by Crippen LogP contribution is 2.16. The molecule has 1 aliphatic rings. The van der Waals surface area contributed by atoms with Gasteiger partial charge in [-0.1, -0.05) is 0 Å². The van der Waals surface area contributed by atoms with Gasteiger partial charge in [-0.25, -0.2) is 9.69 Å². The van der Waals surface area contributed by atoms with Gasteiger partial charge >= 0.3 is 6.03 Å². The maximum atomic E-state index is 11.4. The smallest absolute Gasteiger partial charge is 0.326 e. The van der Waals surface area contributed by atoms with Crippen molar-refractivity contribution in [3.63, 3.8) is 0 Å². The lowest BCUT2D eigenvalue weighted by Gasteiger charge is -2.07. The molecule has 1 atom stereocenters. The molecule has 0 saturated carbocycles. The summed E-state index contributed by atoms with van der Waals surface area (Å²) in [7, 11) is 0. The van der Waals surface area contributed by atoms with Crippen molar-refractivity contribution in [3.8, 4) is 0 Å². The van der Waals surface area contributed by atoms with Crippen LogP contribution in [0.4, 0.5) is 10.5 Å². The van der Waals surface area contributed by atoms with Crippen molar-refractivity contribution in [2.45, 2.75) is 13.0 Å². The van der Waals surface area contributed by atoms with Crippen LogP contribution in [-0.4, -0.2) is 28.2 Å². The second kappa shape index (κ2) is 2.58. The van der Waals surface area contributed by atoms with Crippen molar-refractivity contribution in [1.82, 2.24) is 15.5 Å². The van der Waals surface area contributed by atoms with Crippen LogP contribution in [0.15, 0.2) is 12.4 Å². The Morgan fingerprint density at radius 3 is 2.77 bits per heavy atom. The lowest BCUT2D eigenvalue weighted by atomic mass is 10.3. The zero-order chi connectivity index (χ0) is 9.42. The molecular formula is C7H8N4O2. The molecule has 1 saturated heterocycles. The van der Waals surface area contributed by atoms with Crippen LogP contribution in [0.25, 0.3) is 0 Å². The highest BCUT2D eigenvalue weighted by Gasteiger charge is 2.36. The molecule has 1 fully saturated rings. The molecule has 13 heavy (non-hydrogen) atoms. The normalized spacial score (nSPS) is 22.2. The standard InChI is InChI=1S/C7H8N4O2/c1-4-6(12)11(7(13)10-4)5-2-8-9-3-5/h2-4H,1H3,(H,8,9)(H,10,13)/t4-/m0/s1. The Kier molecular flexibility index (Phi) is 1.54. The van der Waals surface area contributed by atoms with Gasteiger partial charge in [-0.2, -0.15) is 5.10 Å². The largest absolute Gasteiger partial charge is 0.329 e. The summed E-state index contributed by atoms with van der Waals surface area (Å²) >= 11 is 0. The van der Waals surface area contributed by atoms with E-state index < -0.39 is 12.1 Å². The first-order chi connectivity index (χ1) is 6.20. The molecule has 0 spiro atoms. The van der Waals surface area contributed by atoms with Crippen LogP contribution in [0.5, 0.6) is 0 Å². The second-order valence-corrected chi connectivity index (χ2v) is 2.80. The molecular weight excluding hydrogens is 172 g/mol. The number of amides is 3. The quantitative estimate of drug-likeness (QED) is 0.590. The Labute approximate surface area is 73.9 Å². The molecule has 1 aromatic rings. The Morgan fingerprint density at radius 1 is 1.54 bits per heavy atom. The number of hydrogen-bond acceptors (Lipinski definition) is 3. The average Bonchev–Trinajstić information content (AvgIpc) is 2.63. The zero-order valence-corrected chi connectivity index (χ0v) is 6.94. The number of aromatic nitrogens is 2. The molecule has 6 nitrogen and oxygen atoms in total. The molecule has 0 aliphatic carbocycles. The van der Waals surface area contributed by atoms with Gasteiger partial charge in [0, 0.05) is 6.20 Å². The summed E-state index contributed by atoms with van der Waals surface area (Å²) < 4.78 is 0. The summed E-state index contributed by atoms with van der Waals surface area (Å²) in [4.78, 5) is 23.7. The summed E-state index contributed by atoms with van der Waals surface area (Å²) in [6.07, 6.45) is 2.92. The molecule has 3 amide bonds. The van der Waals surface area contributed by atoms with E-state index in [1.807, 2.05) is 0 Å². The van der Waals surface area contributed by atoms with Gasteiger partial charge in [-0.3, -0.25) is 9.89 Å². The average molecular weight is 180 g/mol. The Balaban J connectivity index is 2.34. The van der Waals surface area contributed by atoms with Crippen molar-refractivity contribution in [3.05, 3.63) is 12.4 Å². The lowest BCUT2D eigenvalue weighted by molar-refractivity contribution is -0.117. The van der Waals surface area contributed by atoms with Crippen LogP contribution < -0.4 is 10.2 Å². The SMILES string of the molecule is C[C@@H]1NC(=O)N(c2cn[nH]c2)C1=O. The Bertz CT molecular complexity index is 345. The van der Waals surface area contributed by atoms with Crippen LogP contribution in [0, 0.1) is 0 Å². The van der Waals surface area contributed by atoms with E-state index in [2.05, 4.69) is 15.5 Å². The van der Waals surface area contributed by atoms with Crippen LogP contribution in [-0.2, 0) is 4.79 Å². The van der Waals surface area contributed by atoms with Gasteiger partial charge in [0.1, 0.15) is 6.04 Å². The first kappa shape index (κ1) is 7.78. The topological polar surface area (TPSA) is 78.1 Å². The van der Waals surface area contributed by atoms with Gasteiger partial charge < -0.3 is 5.32 Å². The molecule has 2 rings (SSSR count). The number of hydrogen-bond donors (Lipinski definition) is 2. The molecule has 0 unspecified atom stereocenters. The maximum Gasteiger partial charge on any atom is 0.329 e. The fourth-order valence-corrected chi connectivity index (χ4v) is 1.22. The van der Waals surface area contributed by atoms with E-state index in [0.29, 0.717) is 5.69 Å². The number of carbonyl (C=O) groups is 2. The predicted octanol–water partition coefficient (Wildman–Crippen LogP) is -0.146. The number of carbonyl (C=O) groups excluding carboxylic acids is 2. The number of anilines is 1. The van der Waals surface area contributed by atoms with Crippen LogP contribution in [0.2, 0.25) is 0 Å². The number of imide groups is 1. The van der Waals surface area contributed by atoms with Crippen molar-refractivity contribution in [2.24, 2.45) is 0 Å². The van der Waals surface area contributed by atoms with E-state index in [1.165, 1.54) is 12.4 Å². The molecule has 6 heteroatoms. The third-order valence-electron chi connectivity index (χ3n) is 1.88. The van der Waals surface area contributed by atoms with Crippen LogP contribution in [0.1, 0.15) is 6.92 Å². The van der Waals surface area contributed by atoms with E-state index >= 15 is 0 Å². The van der Waals surface area contributed by atoms with Crippen molar-refractivity contribution >= 4 is 17.6 Å². The molecule has 68 valence electrons. The second-order valence-electron chi connectivity index (χ2n) is 2.80. The molecule has 1 aliphatic heterocycles. The minimum atomic E-state index is -0.456. The Hall–Kier alpha value is -1.85. The highest BCUT2D eigenvalue weighted by molar-refractivity contribution is 6.21. The highest BCUT2D eigenvalue weighted by atomic mass is 16.2. The number of nitrogens with zero attached hydrogens (tertiary/aromatic N) is 2. The van der Waals surface area contributed by atoms with Gasteiger partial charge in [0.2, 0.25) is 0 Å². The first-order valence-electron chi connectivity index (χ1n) is 3.83. The lowest BCUT2D eigenvalue weighted by Crippen LogP contribution is -2.30. The van der Waals surface area contributed by atoms with Crippen LogP contribution in [0.3, 0.4) is 0 Å². The van der Waals surface area contributed by atoms with E-state index in [0.717, 1.165) is 4.90 Å². The van der Waals surface area contributed by atoms with Gasteiger partial charge in [0.05, 0.1) is 11.9 Å². The number of rotatable bonds is 1. The van der Waals surface area contributed by atoms with Crippen molar-refractivity contribution in [2.75, 3.05) is 4.90 Å². The van der Waals surface area contributed by atoms with E-state index in [-0.39, 0.29) is 5.91 Å². The van der Waals surface area contributed by atoms with Crippen LogP contribution >= 0.6 is 0 Å². The number of aromatic amines is 1. The van der Waals surface area contributed by atoms with Gasteiger partial charge in [0.15, 0.2) is 0 Å². The zero-order valence-electron chi connectivity index (χ0n) is 6.94. The van der Waals surface area contributed by atoms with Crippen molar-refractivity contribution < 1.29 is 9.59 Å². The van der Waals surface area contributed by atoms with E-state index in [9.17, 15) is 9.59 Å². The fourth-order valence-electron chi connectivity index (χ4n) is 1.22. The fraction of sp³-hybridized carbons (Fsp3) is 0.286. The molecule has 2 heterocycles. The summed E-state index contributed by atoms with van der Waals surface area (Å²) in [6.45, 7) is 1.64. The Morgan fingerprint density at radius 2 is 2.31 bits per heavy atom. The number of nitrogens with one attached hydrogen (secondary N) is 2. The third-order valence-corrected chi connectivity index (χ3v) is 1.88. The summed E-state index contributed by atoms with van der Waals surface area (Å²) in [5.74, 6) is -0.258. The molecule has 2 N–H and O–H groups in total. The molecule has 0 aromatic carbocycles. The number of H-pyrrole nitrogens is 1. The number of urea groups is 1. The summed E-state index contributed by atoms with van der Waals surface area (Å²) in [6, 6.07) is -0.860. The first-order valence-corrected chi connectivity index (χ1v) is 3.83. The minimum absolute atomic E-state index is 0.258. The predicted molar refractivity (Wildman–Crippen MR) is 44.1 cm³/mol. The third kappa shape index (κ3) is 1.07. The monoisotopic (exact) mass is 180 g/mol. The van der Waals surface area contributed by atoms with Gasteiger partial charge in [-0.15, -0.1) is 0 Å². The van der Waals surface area contributed by atoms with Crippen molar-refractivity contribution in [1.29, 1.82) is 0 Å². The van der Waals surface area contributed by atoms with E-state index in [4.69, 9.17) is 0 Å². The van der Waals surface area contributed by atoms with E-state index in [1.54, 1.807) is 6.92 Å². The molecule has 0 radical (unpaired) electrons. The summed E-state index contributed by atoms with van der Waals surface area (Å²) in [5.41, 5.74) is 0.465. The molecule has 0 bridgehead atoms. The van der Waals surface area contributed by atoms with Gasteiger partial charge in [0.25, 0.3) is 5.91 Å². The minimum Gasteiger partial charge on any atom is -0.326 e. The molecule has 1 aromatic heterocycles. The summed E-state index contributed by atoms with van der Waals surface area (Å²) in [5, 5.41) is 8.70.